The van der Waals surface area contributed by atoms with Crippen molar-refractivity contribution in [2.45, 2.75) is 50.6 Å². The summed E-state index contributed by atoms with van der Waals surface area (Å²) in [7, 11) is 0. The number of fused-ring (bicyclic) bond motifs is 3. The number of halogens is 3. The Hall–Kier alpha value is -2.37. The maximum atomic E-state index is 12.5. The number of hydrogen-bond acceptors (Lipinski definition) is 3. The molecule has 2 aromatic carbocycles. The zero-order valence-corrected chi connectivity index (χ0v) is 15.5. The van der Waals surface area contributed by atoms with Crippen molar-refractivity contribution in [1.29, 1.82) is 0 Å². The van der Waals surface area contributed by atoms with Gasteiger partial charge in [-0.05, 0) is 85.5 Å². The van der Waals surface area contributed by atoms with Gasteiger partial charge in [0.2, 0.25) is 0 Å². The first kappa shape index (κ1) is 17.7. The lowest BCUT2D eigenvalue weighted by atomic mass is 10.1. The number of hydrogen-bond donors (Lipinski definition) is 1. The quantitative estimate of drug-likeness (QED) is 0.730. The number of ether oxygens (including phenoxy) is 1. The highest BCUT2D eigenvalue weighted by molar-refractivity contribution is 5.58. The number of aryl methyl sites for hydroxylation is 1. The molecule has 1 aliphatic heterocycles. The van der Waals surface area contributed by atoms with Gasteiger partial charge in [0.15, 0.2) is 0 Å². The molecule has 2 bridgehead atoms. The Morgan fingerprint density at radius 3 is 2.50 bits per heavy atom. The molecule has 6 heteroatoms. The minimum Gasteiger partial charge on any atom is -0.406 e. The Kier molecular flexibility index (Phi) is 4.18. The van der Waals surface area contributed by atoms with Crippen LogP contribution in [0.4, 0.5) is 24.5 Å². The molecule has 148 valence electrons. The normalized spacial score (nSPS) is 25.8. The zero-order chi connectivity index (χ0) is 19.3. The van der Waals surface area contributed by atoms with Crippen molar-refractivity contribution in [3.05, 3.63) is 53.6 Å². The molecular weight excluding hydrogens is 365 g/mol. The number of nitrogens with zero attached hydrogens (tertiary/aromatic N) is 1. The molecule has 1 N–H and O–H groups in total. The summed E-state index contributed by atoms with van der Waals surface area (Å²) in [6.45, 7) is 1.16. The van der Waals surface area contributed by atoms with E-state index >= 15 is 0 Å². The van der Waals surface area contributed by atoms with Gasteiger partial charge in [0, 0.05) is 24.0 Å². The summed E-state index contributed by atoms with van der Waals surface area (Å²) >= 11 is 0. The van der Waals surface area contributed by atoms with Crippen LogP contribution in [0, 0.1) is 5.92 Å². The fourth-order valence-corrected chi connectivity index (χ4v) is 5.12. The third-order valence-electron chi connectivity index (χ3n) is 6.38. The van der Waals surface area contributed by atoms with Crippen molar-refractivity contribution in [2.75, 3.05) is 16.8 Å². The number of anilines is 2. The van der Waals surface area contributed by atoms with Crippen LogP contribution in [0.5, 0.6) is 5.75 Å². The van der Waals surface area contributed by atoms with E-state index in [0.717, 1.165) is 42.1 Å². The van der Waals surface area contributed by atoms with E-state index in [1.54, 1.807) is 6.07 Å². The monoisotopic (exact) mass is 388 g/mol. The number of piperidine rings is 1. The van der Waals surface area contributed by atoms with E-state index in [1.165, 1.54) is 37.1 Å². The smallest absolute Gasteiger partial charge is 0.406 e. The van der Waals surface area contributed by atoms with Crippen molar-refractivity contribution >= 4 is 11.4 Å². The van der Waals surface area contributed by atoms with Crippen LogP contribution >= 0.6 is 0 Å². The molecule has 3 atom stereocenters. The third kappa shape index (κ3) is 3.40. The average Bonchev–Trinajstić information content (AvgIpc) is 3.37. The standard InChI is InChI=1S/C22H23F3N2O/c23-22(24,25)28-19-9-2-15-3-10-21(20(15)12-19)26-16-4-7-17(8-5-16)27-13-14-1-6-18(27)11-14/h2,4-5,7-9,12,14,18,21,26H,1,3,6,10-11,13H2. The van der Waals surface area contributed by atoms with E-state index in [9.17, 15) is 13.2 Å². The van der Waals surface area contributed by atoms with Gasteiger partial charge in [-0.25, -0.2) is 0 Å². The topological polar surface area (TPSA) is 24.5 Å². The summed E-state index contributed by atoms with van der Waals surface area (Å²) in [5.74, 6) is 0.699. The van der Waals surface area contributed by atoms with Crippen LogP contribution in [0.1, 0.15) is 42.9 Å². The highest BCUT2D eigenvalue weighted by atomic mass is 19.4. The Morgan fingerprint density at radius 1 is 1.00 bits per heavy atom. The Morgan fingerprint density at radius 2 is 1.82 bits per heavy atom. The molecule has 5 rings (SSSR count). The lowest BCUT2D eigenvalue weighted by Gasteiger charge is -2.29. The van der Waals surface area contributed by atoms with Crippen LogP contribution in [0.25, 0.3) is 0 Å². The van der Waals surface area contributed by atoms with E-state index in [1.807, 2.05) is 0 Å². The second-order valence-corrected chi connectivity index (χ2v) is 8.18. The van der Waals surface area contributed by atoms with Gasteiger partial charge in [-0.15, -0.1) is 13.2 Å². The summed E-state index contributed by atoms with van der Waals surface area (Å²) < 4.78 is 41.6. The summed E-state index contributed by atoms with van der Waals surface area (Å²) in [5, 5.41) is 3.48. The molecule has 28 heavy (non-hydrogen) atoms. The second-order valence-electron chi connectivity index (χ2n) is 8.18. The van der Waals surface area contributed by atoms with Crippen LogP contribution in [-0.4, -0.2) is 18.9 Å². The van der Waals surface area contributed by atoms with Crippen LogP contribution in [-0.2, 0) is 6.42 Å². The SMILES string of the molecule is FC(F)(F)Oc1ccc2c(c1)C(Nc1ccc(N3CC4CCC3C4)cc1)CC2. The van der Waals surface area contributed by atoms with Crippen molar-refractivity contribution in [2.24, 2.45) is 5.92 Å². The first-order valence-electron chi connectivity index (χ1n) is 9.96. The molecule has 2 aromatic rings. The van der Waals surface area contributed by atoms with Gasteiger partial charge in [0.25, 0.3) is 0 Å². The molecule has 3 aliphatic rings. The molecule has 1 heterocycles. The Balaban J connectivity index is 1.29. The van der Waals surface area contributed by atoms with E-state index in [2.05, 4.69) is 39.2 Å². The lowest BCUT2D eigenvalue weighted by molar-refractivity contribution is -0.274. The molecule has 0 amide bonds. The van der Waals surface area contributed by atoms with E-state index in [4.69, 9.17) is 0 Å². The van der Waals surface area contributed by atoms with Gasteiger partial charge >= 0.3 is 6.36 Å². The minimum absolute atomic E-state index is 0.000401. The molecule has 2 aliphatic carbocycles. The maximum Gasteiger partial charge on any atom is 0.573 e. The van der Waals surface area contributed by atoms with Gasteiger partial charge in [-0.2, -0.15) is 0 Å². The summed E-state index contributed by atoms with van der Waals surface area (Å²) in [6.07, 6.45) is 1.03. The molecule has 0 aromatic heterocycles. The maximum absolute atomic E-state index is 12.5. The van der Waals surface area contributed by atoms with Crippen molar-refractivity contribution < 1.29 is 17.9 Å². The lowest BCUT2D eigenvalue weighted by Crippen LogP contribution is -2.31. The number of nitrogens with one attached hydrogen (secondary N) is 1. The van der Waals surface area contributed by atoms with Gasteiger partial charge in [-0.1, -0.05) is 6.07 Å². The number of benzene rings is 2. The second kappa shape index (κ2) is 6.61. The highest BCUT2D eigenvalue weighted by Gasteiger charge is 2.37. The van der Waals surface area contributed by atoms with Crippen LogP contribution in [0.2, 0.25) is 0 Å². The van der Waals surface area contributed by atoms with E-state index < -0.39 is 6.36 Å². The van der Waals surface area contributed by atoms with Gasteiger partial charge < -0.3 is 15.0 Å². The van der Waals surface area contributed by atoms with E-state index in [0.29, 0.717) is 6.04 Å². The molecule has 0 radical (unpaired) electrons. The fourth-order valence-electron chi connectivity index (χ4n) is 5.12. The number of alkyl halides is 3. The summed E-state index contributed by atoms with van der Waals surface area (Å²) in [6, 6.07) is 13.8. The van der Waals surface area contributed by atoms with Crippen LogP contribution in [0.3, 0.4) is 0 Å². The third-order valence-corrected chi connectivity index (χ3v) is 6.38. The minimum atomic E-state index is -4.67. The predicted molar refractivity (Wildman–Crippen MR) is 103 cm³/mol. The van der Waals surface area contributed by atoms with Gasteiger partial charge in [-0.3, -0.25) is 0 Å². The Bertz CT molecular complexity index is 865. The highest BCUT2D eigenvalue weighted by Crippen LogP contribution is 2.41. The average molecular weight is 388 g/mol. The summed E-state index contributed by atoms with van der Waals surface area (Å²) in [5.41, 5.74) is 4.23. The van der Waals surface area contributed by atoms with Crippen LogP contribution in [0.15, 0.2) is 42.5 Å². The van der Waals surface area contributed by atoms with Crippen molar-refractivity contribution in [1.82, 2.24) is 0 Å². The zero-order valence-electron chi connectivity index (χ0n) is 15.5. The molecule has 1 saturated carbocycles. The molecular formula is C22H23F3N2O. The van der Waals surface area contributed by atoms with Gasteiger partial charge in [0.1, 0.15) is 5.75 Å². The molecule has 1 saturated heterocycles. The first-order valence-corrected chi connectivity index (χ1v) is 9.96. The van der Waals surface area contributed by atoms with E-state index in [-0.39, 0.29) is 11.8 Å². The molecule has 3 nitrogen and oxygen atoms in total. The van der Waals surface area contributed by atoms with Gasteiger partial charge in [0.05, 0.1) is 6.04 Å². The first-order chi connectivity index (χ1) is 13.4. The Labute approximate surface area is 162 Å². The molecule has 2 fully saturated rings. The van der Waals surface area contributed by atoms with Crippen molar-refractivity contribution in [3.63, 3.8) is 0 Å². The largest absolute Gasteiger partial charge is 0.573 e. The number of rotatable bonds is 4. The fraction of sp³-hybridized carbons (Fsp3) is 0.455. The van der Waals surface area contributed by atoms with Crippen LogP contribution < -0.4 is 15.0 Å². The van der Waals surface area contributed by atoms with Crippen molar-refractivity contribution in [3.8, 4) is 5.75 Å². The molecule has 3 unspecified atom stereocenters. The summed E-state index contributed by atoms with van der Waals surface area (Å²) in [4.78, 5) is 2.52. The predicted octanol–water partition coefficient (Wildman–Crippen LogP) is 5.67. The molecule has 0 spiro atoms.